The van der Waals surface area contributed by atoms with E-state index in [9.17, 15) is 19.2 Å². The van der Waals surface area contributed by atoms with E-state index in [1.54, 1.807) is 27.7 Å². The molecule has 38 heavy (non-hydrogen) atoms. The van der Waals surface area contributed by atoms with Crippen LogP contribution in [0.25, 0.3) is 0 Å². The summed E-state index contributed by atoms with van der Waals surface area (Å²) in [4.78, 5) is 53.0. The molecule has 0 bridgehead atoms. The van der Waals surface area contributed by atoms with Crippen LogP contribution in [-0.4, -0.2) is 60.6 Å². The molecular formula is C29H47N3O6. The summed E-state index contributed by atoms with van der Waals surface area (Å²) in [6, 6.07) is 3.74. The molecule has 0 fully saturated rings. The van der Waals surface area contributed by atoms with Gasteiger partial charge >= 0.3 is 12.1 Å². The Morgan fingerprint density at radius 2 is 1.63 bits per heavy atom. The molecule has 0 heterocycles. The number of methoxy groups -OCH3 is 1. The van der Waals surface area contributed by atoms with Crippen molar-refractivity contribution < 1.29 is 28.7 Å². The molecule has 9 heteroatoms. The summed E-state index contributed by atoms with van der Waals surface area (Å²) < 4.78 is 10.00. The summed E-state index contributed by atoms with van der Waals surface area (Å²) in [5.41, 5.74) is 1.80. The number of benzene rings is 1. The lowest BCUT2D eigenvalue weighted by Crippen LogP contribution is -2.52. The molecule has 0 saturated carbocycles. The van der Waals surface area contributed by atoms with Gasteiger partial charge in [0.25, 0.3) is 0 Å². The van der Waals surface area contributed by atoms with Crippen molar-refractivity contribution in [2.45, 2.75) is 105 Å². The fourth-order valence-corrected chi connectivity index (χ4v) is 4.14. The molecule has 0 aliphatic rings. The predicted octanol–water partition coefficient (Wildman–Crippen LogP) is 4.74. The quantitative estimate of drug-likeness (QED) is 0.264. The molecule has 9 nitrogen and oxygen atoms in total. The Balaban J connectivity index is 3.34. The smallest absolute Gasteiger partial charge is 0.408 e. The molecule has 0 aromatic heterocycles. The van der Waals surface area contributed by atoms with Gasteiger partial charge in [-0.05, 0) is 59.1 Å². The minimum Gasteiger partial charge on any atom is -0.468 e. The molecule has 2 unspecified atom stereocenters. The van der Waals surface area contributed by atoms with E-state index >= 15 is 0 Å². The largest absolute Gasteiger partial charge is 0.468 e. The highest BCUT2D eigenvalue weighted by atomic mass is 16.6. The molecule has 3 amide bonds. The Labute approximate surface area is 228 Å². The van der Waals surface area contributed by atoms with E-state index in [-0.39, 0.29) is 6.54 Å². The zero-order valence-electron chi connectivity index (χ0n) is 24.4. The van der Waals surface area contributed by atoms with E-state index in [1.165, 1.54) is 12.0 Å². The van der Waals surface area contributed by atoms with Crippen LogP contribution in [0, 0.1) is 13.8 Å². The van der Waals surface area contributed by atoms with Crippen LogP contribution in [0.3, 0.4) is 0 Å². The minimum atomic E-state index is -0.994. The van der Waals surface area contributed by atoms with Gasteiger partial charge in [-0.1, -0.05) is 62.8 Å². The number of rotatable bonds is 14. The molecule has 2 N–H and O–H groups in total. The number of amides is 3. The summed E-state index contributed by atoms with van der Waals surface area (Å²) in [6.07, 6.45) is 5.32. The van der Waals surface area contributed by atoms with E-state index < -0.39 is 41.6 Å². The van der Waals surface area contributed by atoms with Crippen LogP contribution in [0.4, 0.5) is 4.79 Å². The van der Waals surface area contributed by atoms with Crippen molar-refractivity contribution in [3.05, 3.63) is 34.9 Å². The zero-order chi connectivity index (χ0) is 28.9. The first-order valence-corrected chi connectivity index (χ1v) is 13.5. The summed E-state index contributed by atoms with van der Waals surface area (Å²) >= 11 is 0. The van der Waals surface area contributed by atoms with Crippen molar-refractivity contribution in [2.24, 2.45) is 0 Å². The average molecular weight is 534 g/mol. The van der Waals surface area contributed by atoms with Crippen molar-refractivity contribution in [3.8, 4) is 0 Å². The van der Waals surface area contributed by atoms with Crippen LogP contribution in [0.2, 0.25) is 0 Å². The number of unbranched alkanes of at least 4 members (excludes halogenated alkanes) is 5. The number of nitrogens with one attached hydrogen (secondary N) is 2. The van der Waals surface area contributed by atoms with Gasteiger partial charge in [0.15, 0.2) is 0 Å². The third-order valence-electron chi connectivity index (χ3n) is 6.05. The van der Waals surface area contributed by atoms with Crippen molar-refractivity contribution in [1.29, 1.82) is 0 Å². The molecule has 0 spiro atoms. The van der Waals surface area contributed by atoms with Crippen LogP contribution in [0.5, 0.6) is 0 Å². The lowest BCUT2D eigenvalue weighted by atomic mass is 9.96. The van der Waals surface area contributed by atoms with E-state index in [0.717, 1.165) is 43.2 Å². The Morgan fingerprint density at radius 1 is 1.00 bits per heavy atom. The molecule has 2 atom stereocenters. The number of esters is 1. The number of nitrogens with zero attached hydrogens (tertiary/aromatic N) is 1. The highest BCUT2D eigenvalue weighted by Gasteiger charge is 2.35. The maximum atomic E-state index is 13.8. The van der Waals surface area contributed by atoms with Crippen molar-refractivity contribution >= 4 is 23.9 Å². The standard InChI is InChI=1S/C29H47N3O6/c1-9-10-11-12-13-14-17-32(27(35)22(4)31-28(36)38-29(5,6)7)25(26(34)30-19-24(33)37-8)23-16-15-20(2)18-21(23)3/h15-16,18,22,25H,9-14,17,19H2,1-8H3,(H,30,34)(H,31,36). The highest BCUT2D eigenvalue weighted by molar-refractivity contribution is 5.93. The number of ether oxygens (including phenoxy) is 2. The van der Waals surface area contributed by atoms with Crippen LogP contribution >= 0.6 is 0 Å². The molecule has 0 aliphatic heterocycles. The van der Waals surface area contributed by atoms with Gasteiger partial charge in [0.1, 0.15) is 24.2 Å². The normalized spacial score (nSPS) is 12.7. The van der Waals surface area contributed by atoms with Gasteiger partial charge < -0.3 is 25.0 Å². The summed E-state index contributed by atoms with van der Waals surface area (Å²) in [5, 5.41) is 5.22. The van der Waals surface area contributed by atoms with E-state index in [2.05, 4.69) is 22.3 Å². The van der Waals surface area contributed by atoms with Crippen molar-refractivity contribution in [2.75, 3.05) is 20.2 Å². The second-order valence-electron chi connectivity index (χ2n) is 10.7. The first kappa shape index (κ1) is 32.9. The van der Waals surface area contributed by atoms with Gasteiger partial charge in [-0.2, -0.15) is 0 Å². The molecule has 0 aliphatic carbocycles. The minimum absolute atomic E-state index is 0.314. The highest BCUT2D eigenvalue weighted by Crippen LogP contribution is 2.27. The SMILES string of the molecule is CCCCCCCCN(C(=O)C(C)NC(=O)OC(C)(C)C)C(C(=O)NCC(=O)OC)c1ccc(C)cc1C. The first-order chi connectivity index (χ1) is 17.8. The van der Waals surface area contributed by atoms with Crippen molar-refractivity contribution in [3.63, 3.8) is 0 Å². The molecule has 1 rings (SSSR count). The first-order valence-electron chi connectivity index (χ1n) is 13.5. The number of aryl methyl sites for hydroxylation is 2. The molecular weight excluding hydrogens is 486 g/mol. The van der Waals surface area contributed by atoms with Gasteiger partial charge in [-0.15, -0.1) is 0 Å². The predicted molar refractivity (Wildman–Crippen MR) is 148 cm³/mol. The number of carbonyl (C=O) groups is 4. The molecule has 0 radical (unpaired) electrons. The summed E-state index contributed by atoms with van der Waals surface area (Å²) in [5.74, 6) is -1.50. The van der Waals surface area contributed by atoms with Crippen LogP contribution in [-0.2, 0) is 23.9 Å². The second-order valence-corrected chi connectivity index (χ2v) is 10.7. The number of carbonyl (C=O) groups excluding carboxylic acids is 4. The number of alkyl carbamates (subject to hydrolysis) is 1. The van der Waals surface area contributed by atoms with Crippen LogP contribution in [0.1, 0.15) is 95.9 Å². The lowest BCUT2D eigenvalue weighted by Gasteiger charge is -2.34. The Hall–Kier alpha value is -3.10. The molecule has 1 aromatic rings. The lowest BCUT2D eigenvalue weighted by molar-refractivity contribution is -0.144. The fourth-order valence-electron chi connectivity index (χ4n) is 4.14. The Morgan fingerprint density at radius 3 is 2.21 bits per heavy atom. The van der Waals surface area contributed by atoms with E-state index in [1.807, 2.05) is 32.0 Å². The van der Waals surface area contributed by atoms with Gasteiger partial charge in [0, 0.05) is 6.54 Å². The Bertz CT molecular complexity index is 941. The average Bonchev–Trinajstić information content (AvgIpc) is 2.82. The maximum absolute atomic E-state index is 13.8. The van der Waals surface area contributed by atoms with Crippen LogP contribution in [0.15, 0.2) is 18.2 Å². The number of hydrogen-bond acceptors (Lipinski definition) is 6. The van der Waals surface area contributed by atoms with Gasteiger partial charge in [0.2, 0.25) is 11.8 Å². The third kappa shape index (κ3) is 11.5. The summed E-state index contributed by atoms with van der Waals surface area (Å²) in [6.45, 7) is 12.8. The van der Waals surface area contributed by atoms with Crippen LogP contribution < -0.4 is 10.6 Å². The zero-order valence-corrected chi connectivity index (χ0v) is 24.4. The number of hydrogen-bond donors (Lipinski definition) is 2. The molecule has 214 valence electrons. The van der Waals surface area contributed by atoms with E-state index in [0.29, 0.717) is 18.5 Å². The topological polar surface area (TPSA) is 114 Å². The monoisotopic (exact) mass is 533 g/mol. The molecule has 0 saturated heterocycles. The van der Waals surface area contributed by atoms with Crippen molar-refractivity contribution in [1.82, 2.24) is 15.5 Å². The van der Waals surface area contributed by atoms with Gasteiger partial charge in [-0.25, -0.2) is 4.79 Å². The molecule has 1 aromatic carbocycles. The van der Waals surface area contributed by atoms with Gasteiger partial charge in [-0.3, -0.25) is 14.4 Å². The summed E-state index contributed by atoms with van der Waals surface area (Å²) in [7, 11) is 1.24. The fraction of sp³-hybridized carbons (Fsp3) is 0.655. The Kier molecular flexibility index (Phi) is 13.9. The second kappa shape index (κ2) is 16.0. The third-order valence-corrected chi connectivity index (χ3v) is 6.05. The van der Waals surface area contributed by atoms with Gasteiger partial charge in [0.05, 0.1) is 7.11 Å². The van der Waals surface area contributed by atoms with E-state index in [4.69, 9.17) is 4.74 Å². The maximum Gasteiger partial charge on any atom is 0.408 e.